The third-order valence-electron chi connectivity index (χ3n) is 2.10. The van der Waals surface area contributed by atoms with E-state index in [9.17, 15) is 5.11 Å². The molecule has 0 spiro atoms. The SMILES string of the molecule is CC(=O)O.CCCC1=C(O)CCCC1. The molecule has 1 rings (SSSR count). The first-order chi connectivity index (χ1) is 6.57. The number of carboxylic acid groups (broad SMARTS) is 1. The van der Waals surface area contributed by atoms with Gasteiger partial charge in [0, 0.05) is 13.3 Å². The molecule has 0 radical (unpaired) electrons. The summed E-state index contributed by atoms with van der Waals surface area (Å²) >= 11 is 0. The Morgan fingerprint density at radius 2 is 1.86 bits per heavy atom. The number of aliphatic hydroxyl groups excluding tert-OH is 1. The highest BCUT2D eigenvalue weighted by Gasteiger charge is 2.09. The lowest BCUT2D eigenvalue weighted by atomic mass is 9.95. The summed E-state index contributed by atoms with van der Waals surface area (Å²) in [7, 11) is 0. The highest BCUT2D eigenvalue weighted by Crippen LogP contribution is 2.25. The van der Waals surface area contributed by atoms with E-state index in [4.69, 9.17) is 9.90 Å². The second-order valence-corrected chi connectivity index (χ2v) is 3.53. The fourth-order valence-electron chi connectivity index (χ4n) is 1.52. The molecule has 0 aromatic carbocycles. The maximum absolute atomic E-state index is 9.38. The van der Waals surface area contributed by atoms with E-state index in [-0.39, 0.29) is 0 Å². The summed E-state index contributed by atoms with van der Waals surface area (Å²) in [6, 6.07) is 0. The second-order valence-electron chi connectivity index (χ2n) is 3.53. The van der Waals surface area contributed by atoms with Crippen molar-refractivity contribution in [1.29, 1.82) is 0 Å². The van der Waals surface area contributed by atoms with Crippen LogP contribution in [0.4, 0.5) is 0 Å². The van der Waals surface area contributed by atoms with Crippen LogP contribution in [-0.2, 0) is 4.79 Å². The van der Waals surface area contributed by atoms with Crippen molar-refractivity contribution in [3.8, 4) is 0 Å². The van der Waals surface area contributed by atoms with Crippen LogP contribution in [0.1, 0.15) is 52.4 Å². The van der Waals surface area contributed by atoms with Crippen molar-refractivity contribution >= 4 is 5.97 Å². The summed E-state index contributed by atoms with van der Waals surface area (Å²) in [5, 5.41) is 16.8. The Morgan fingerprint density at radius 1 is 1.36 bits per heavy atom. The van der Waals surface area contributed by atoms with Crippen LogP contribution < -0.4 is 0 Å². The molecule has 0 aliphatic heterocycles. The Hall–Kier alpha value is -0.990. The van der Waals surface area contributed by atoms with Gasteiger partial charge in [0.05, 0.1) is 5.76 Å². The normalized spacial score (nSPS) is 15.9. The van der Waals surface area contributed by atoms with Crippen LogP contribution in [0.5, 0.6) is 0 Å². The summed E-state index contributed by atoms with van der Waals surface area (Å²) in [6.07, 6.45) is 6.79. The molecule has 14 heavy (non-hydrogen) atoms. The lowest BCUT2D eigenvalue weighted by molar-refractivity contribution is -0.134. The minimum Gasteiger partial charge on any atom is -0.512 e. The van der Waals surface area contributed by atoms with Crippen molar-refractivity contribution in [2.24, 2.45) is 0 Å². The van der Waals surface area contributed by atoms with Crippen LogP contribution in [0, 0.1) is 0 Å². The third-order valence-corrected chi connectivity index (χ3v) is 2.10. The van der Waals surface area contributed by atoms with Gasteiger partial charge in [-0.1, -0.05) is 13.3 Å². The number of aliphatic carboxylic acids is 1. The molecule has 1 aliphatic rings. The van der Waals surface area contributed by atoms with Crippen LogP contribution >= 0.6 is 0 Å². The lowest BCUT2D eigenvalue weighted by Crippen LogP contribution is -1.98. The van der Waals surface area contributed by atoms with E-state index >= 15 is 0 Å². The Balaban J connectivity index is 0.000000364. The van der Waals surface area contributed by atoms with Crippen molar-refractivity contribution in [1.82, 2.24) is 0 Å². The minimum atomic E-state index is -0.833. The summed E-state index contributed by atoms with van der Waals surface area (Å²) in [5.41, 5.74) is 1.31. The number of carbonyl (C=O) groups is 1. The van der Waals surface area contributed by atoms with E-state index in [0.717, 1.165) is 26.2 Å². The predicted molar refractivity (Wildman–Crippen MR) is 56.3 cm³/mol. The molecular formula is C11H20O3. The molecule has 0 fully saturated rings. The molecule has 82 valence electrons. The average Bonchev–Trinajstić information content (AvgIpc) is 2.08. The fraction of sp³-hybridized carbons (Fsp3) is 0.727. The van der Waals surface area contributed by atoms with Crippen molar-refractivity contribution < 1.29 is 15.0 Å². The maximum Gasteiger partial charge on any atom is 0.300 e. The highest BCUT2D eigenvalue weighted by molar-refractivity contribution is 5.62. The Bertz CT molecular complexity index is 203. The zero-order chi connectivity index (χ0) is 11.0. The van der Waals surface area contributed by atoms with Gasteiger partial charge in [0.25, 0.3) is 5.97 Å². The van der Waals surface area contributed by atoms with Gasteiger partial charge in [-0.05, 0) is 31.3 Å². The van der Waals surface area contributed by atoms with Gasteiger partial charge >= 0.3 is 0 Å². The van der Waals surface area contributed by atoms with Gasteiger partial charge in [0.1, 0.15) is 0 Å². The van der Waals surface area contributed by atoms with E-state index in [1.165, 1.54) is 24.8 Å². The molecule has 0 aromatic rings. The van der Waals surface area contributed by atoms with E-state index < -0.39 is 5.97 Å². The van der Waals surface area contributed by atoms with Gasteiger partial charge in [-0.15, -0.1) is 0 Å². The average molecular weight is 200 g/mol. The van der Waals surface area contributed by atoms with Crippen molar-refractivity contribution in [3.05, 3.63) is 11.3 Å². The molecule has 0 heterocycles. The van der Waals surface area contributed by atoms with Crippen LogP contribution in [-0.4, -0.2) is 16.2 Å². The Morgan fingerprint density at radius 3 is 2.29 bits per heavy atom. The quantitative estimate of drug-likeness (QED) is 0.719. The third kappa shape index (κ3) is 6.52. The van der Waals surface area contributed by atoms with Gasteiger partial charge in [0.15, 0.2) is 0 Å². The molecule has 3 nitrogen and oxygen atoms in total. The first kappa shape index (κ1) is 13.0. The number of hydrogen-bond acceptors (Lipinski definition) is 2. The molecule has 0 amide bonds. The van der Waals surface area contributed by atoms with Crippen molar-refractivity contribution in [2.45, 2.75) is 52.4 Å². The Labute approximate surface area is 85.4 Å². The molecule has 2 N–H and O–H groups in total. The first-order valence-corrected chi connectivity index (χ1v) is 5.17. The molecule has 0 unspecified atom stereocenters. The highest BCUT2D eigenvalue weighted by atomic mass is 16.4. The molecule has 3 heteroatoms. The van der Waals surface area contributed by atoms with Crippen LogP contribution in [0.15, 0.2) is 11.3 Å². The Kier molecular flexibility index (Phi) is 6.89. The predicted octanol–water partition coefficient (Wildman–Crippen LogP) is 3.26. The zero-order valence-corrected chi connectivity index (χ0v) is 9.05. The number of hydrogen-bond donors (Lipinski definition) is 2. The standard InChI is InChI=1S/C9H16O.C2H4O2/c1-2-5-8-6-3-4-7-9(8)10;1-2(3)4/h10H,2-7H2,1H3;1H3,(H,3,4). The smallest absolute Gasteiger partial charge is 0.300 e. The van der Waals surface area contributed by atoms with Crippen LogP contribution in [0.25, 0.3) is 0 Å². The monoisotopic (exact) mass is 200 g/mol. The molecule has 0 saturated heterocycles. The van der Waals surface area contributed by atoms with Crippen molar-refractivity contribution in [3.63, 3.8) is 0 Å². The number of rotatable bonds is 2. The number of carboxylic acids is 1. The minimum absolute atomic E-state index is 0.688. The van der Waals surface area contributed by atoms with Crippen LogP contribution in [0.2, 0.25) is 0 Å². The molecule has 1 aliphatic carbocycles. The van der Waals surface area contributed by atoms with E-state index in [1.54, 1.807) is 0 Å². The molecule has 0 atom stereocenters. The summed E-state index contributed by atoms with van der Waals surface area (Å²) in [6.45, 7) is 3.24. The number of aliphatic hydroxyl groups is 1. The second kappa shape index (κ2) is 7.42. The molecule has 0 bridgehead atoms. The zero-order valence-electron chi connectivity index (χ0n) is 9.05. The van der Waals surface area contributed by atoms with E-state index in [0.29, 0.717) is 5.76 Å². The summed E-state index contributed by atoms with van der Waals surface area (Å²) in [5.74, 6) is -0.145. The van der Waals surface area contributed by atoms with E-state index in [2.05, 4.69) is 6.92 Å². The number of allylic oxidation sites excluding steroid dienone is 2. The summed E-state index contributed by atoms with van der Waals surface area (Å²) < 4.78 is 0. The molecular weight excluding hydrogens is 180 g/mol. The van der Waals surface area contributed by atoms with Gasteiger partial charge in [-0.3, -0.25) is 4.79 Å². The van der Waals surface area contributed by atoms with Gasteiger partial charge in [-0.2, -0.15) is 0 Å². The fourth-order valence-corrected chi connectivity index (χ4v) is 1.52. The largest absolute Gasteiger partial charge is 0.512 e. The van der Waals surface area contributed by atoms with Gasteiger partial charge in [-0.25, -0.2) is 0 Å². The van der Waals surface area contributed by atoms with Gasteiger partial charge < -0.3 is 10.2 Å². The molecule has 0 saturated carbocycles. The van der Waals surface area contributed by atoms with Crippen LogP contribution in [0.3, 0.4) is 0 Å². The van der Waals surface area contributed by atoms with E-state index in [1.807, 2.05) is 0 Å². The topological polar surface area (TPSA) is 57.5 Å². The summed E-state index contributed by atoms with van der Waals surface area (Å²) in [4.78, 5) is 9.00. The lowest BCUT2D eigenvalue weighted by Gasteiger charge is -2.14. The first-order valence-electron chi connectivity index (χ1n) is 5.17. The molecule has 0 aromatic heterocycles. The van der Waals surface area contributed by atoms with Gasteiger partial charge in [0.2, 0.25) is 0 Å². The van der Waals surface area contributed by atoms with Crippen molar-refractivity contribution in [2.75, 3.05) is 0 Å². The maximum atomic E-state index is 9.38.